The Hall–Kier alpha value is -3.08. The van der Waals surface area contributed by atoms with E-state index < -0.39 is 0 Å². The van der Waals surface area contributed by atoms with Crippen LogP contribution in [0.1, 0.15) is 68.9 Å². The van der Waals surface area contributed by atoms with E-state index in [1.165, 1.54) is 28.9 Å². The normalized spacial score (nSPS) is 16.7. The first-order valence-electron chi connectivity index (χ1n) is 11.7. The van der Waals surface area contributed by atoms with Crippen LogP contribution in [0.15, 0.2) is 54.1 Å². The second kappa shape index (κ2) is 10.0. The first-order valence-corrected chi connectivity index (χ1v) is 11.7. The van der Waals surface area contributed by atoms with Gasteiger partial charge in [0.1, 0.15) is 11.5 Å². The van der Waals surface area contributed by atoms with Gasteiger partial charge >= 0.3 is 0 Å². The molecule has 2 aromatic rings. The van der Waals surface area contributed by atoms with Gasteiger partial charge in [0.2, 0.25) is 11.8 Å². The molecule has 1 saturated heterocycles. The Labute approximate surface area is 189 Å². The number of rotatable bonds is 8. The van der Waals surface area contributed by atoms with Gasteiger partial charge in [-0.05, 0) is 79.0 Å². The van der Waals surface area contributed by atoms with E-state index in [1.54, 1.807) is 24.3 Å². The second-order valence-corrected chi connectivity index (χ2v) is 8.87. The summed E-state index contributed by atoms with van der Waals surface area (Å²) in [5.74, 6) is 0.885. The van der Waals surface area contributed by atoms with E-state index in [4.69, 9.17) is 0 Å². The van der Waals surface area contributed by atoms with Crippen LogP contribution >= 0.6 is 0 Å². The molecule has 1 aliphatic heterocycles. The molecule has 2 aromatic carbocycles. The van der Waals surface area contributed by atoms with Crippen molar-refractivity contribution < 1.29 is 19.8 Å². The number of nitrogens with zero attached hydrogens (tertiary/aromatic N) is 1. The highest BCUT2D eigenvalue weighted by molar-refractivity contribution is 6.01. The lowest BCUT2D eigenvalue weighted by molar-refractivity contribution is -0.138. The Morgan fingerprint density at radius 1 is 0.781 bits per heavy atom. The topological polar surface area (TPSA) is 77.8 Å². The molecule has 5 nitrogen and oxygen atoms in total. The van der Waals surface area contributed by atoms with E-state index in [0.717, 1.165) is 43.2 Å². The summed E-state index contributed by atoms with van der Waals surface area (Å²) in [5.41, 5.74) is 4.68. The number of phenols is 2. The third-order valence-corrected chi connectivity index (χ3v) is 6.71. The fourth-order valence-electron chi connectivity index (χ4n) is 5.06. The molecule has 0 atom stereocenters. The fourth-order valence-corrected chi connectivity index (χ4v) is 5.06. The van der Waals surface area contributed by atoms with Gasteiger partial charge in [0.25, 0.3) is 0 Å². The second-order valence-electron chi connectivity index (χ2n) is 8.87. The van der Waals surface area contributed by atoms with Crippen LogP contribution in [-0.4, -0.2) is 33.5 Å². The number of benzene rings is 2. The SMILES string of the molecule is O=C1CCC(=O)N1CCCCC(=C(c1ccc(O)cc1)c1ccc(O)cc1)C1CCCC1. The van der Waals surface area contributed by atoms with Gasteiger partial charge in [0, 0.05) is 19.4 Å². The van der Waals surface area contributed by atoms with Crippen LogP contribution in [-0.2, 0) is 9.59 Å². The minimum Gasteiger partial charge on any atom is -0.508 e. The standard InChI is InChI=1S/C27H31NO4/c29-22-12-8-20(9-13-22)27(21-10-14-23(30)15-11-21)24(19-5-1-2-6-19)7-3-4-18-28-25(31)16-17-26(28)32/h8-15,19,29-30H,1-7,16-18H2. The number of carbonyl (C=O) groups excluding carboxylic acids is 2. The van der Waals surface area contributed by atoms with Crippen LogP contribution in [0, 0.1) is 5.92 Å². The first kappa shape index (κ1) is 22.1. The predicted molar refractivity (Wildman–Crippen MR) is 124 cm³/mol. The van der Waals surface area contributed by atoms with E-state index in [0.29, 0.717) is 25.3 Å². The van der Waals surface area contributed by atoms with Crippen LogP contribution in [0.3, 0.4) is 0 Å². The summed E-state index contributed by atoms with van der Waals surface area (Å²) < 4.78 is 0. The molecule has 1 saturated carbocycles. The number of carbonyl (C=O) groups is 2. The fraction of sp³-hybridized carbons (Fsp3) is 0.407. The molecule has 2 aliphatic rings. The molecule has 0 unspecified atom stereocenters. The van der Waals surface area contributed by atoms with Gasteiger partial charge in [-0.25, -0.2) is 0 Å². The zero-order valence-corrected chi connectivity index (χ0v) is 18.4. The van der Waals surface area contributed by atoms with Crippen LogP contribution < -0.4 is 0 Å². The van der Waals surface area contributed by atoms with E-state index in [1.807, 2.05) is 24.3 Å². The Morgan fingerprint density at radius 3 is 1.78 bits per heavy atom. The average Bonchev–Trinajstić information content (AvgIpc) is 3.43. The molecule has 2 N–H and O–H groups in total. The zero-order chi connectivity index (χ0) is 22.5. The molecule has 5 heteroatoms. The van der Waals surface area contributed by atoms with E-state index in [2.05, 4.69) is 0 Å². The van der Waals surface area contributed by atoms with Crippen LogP contribution in [0.5, 0.6) is 11.5 Å². The minimum absolute atomic E-state index is 0.0459. The van der Waals surface area contributed by atoms with Crippen molar-refractivity contribution >= 4 is 17.4 Å². The largest absolute Gasteiger partial charge is 0.508 e. The predicted octanol–water partition coefficient (Wildman–Crippen LogP) is 5.41. The van der Waals surface area contributed by atoms with Crippen molar-refractivity contribution in [3.05, 3.63) is 65.2 Å². The van der Waals surface area contributed by atoms with Gasteiger partial charge in [-0.3, -0.25) is 14.5 Å². The van der Waals surface area contributed by atoms with E-state index >= 15 is 0 Å². The first-order chi connectivity index (χ1) is 15.5. The molecule has 2 amide bonds. The van der Waals surface area contributed by atoms with Gasteiger partial charge in [-0.2, -0.15) is 0 Å². The summed E-state index contributed by atoms with van der Waals surface area (Å²) >= 11 is 0. The Kier molecular flexibility index (Phi) is 6.93. The quantitative estimate of drug-likeness (QED) is 0.431. The smallest absolute Gasteiger partial charge is 0.229 e. The molecule has 0 bridgehead atoms. The molecule has 1 heterocycles. The highest BCUT2D eigenvalue weighted by Crippen LogP contribution is 2.41. The van der Waals surface area contributed by atoms with Gasteiger partial charge < -0.3 is 10.2 Å². The van der Waals surface area contributed by atoms with Crippen molar-refractivity contribution in [2.45, 2.75) is 57.8 Å². The lowest BCUT2D eigenvalue weighted by atomic mass is 9.83. The Balaban J connectivity index is 1.63. The third kappa shape index (κ3) is 5.04. The number of allylic oxidation sites excluding steroid dienone is 1. The molecular weight excluding hydrogens is 402 g/mol. The molecule has 0 spiro atoms. The molecule has 4 rings (SSSR count). The van der Waals surface area contributed by atoms with Crippen molar-refractivity contribution in [1.29, 1.82) is 0 Å². The summed E-state index contributed by atoms with van der Waals surface area (Å²) in [5, 5.41) is 19.6. The summed E-state index contributed by atoms with van der Waals surface area (Å²) in [4.78, 5) is 25.2. The van der Waals surface area contributed by atoms with Gasteiger partial charge in [-0.1, -0.05) is 42.7 Å². The maximum absolute atomic E-state index is 11.9. The van der Waals surface area contributed by atoms with E-state index in [9.17, 15) is 19.8 Å². The molecule has 2 fully saturated rings. The Bertz CT molecular complexity index is 922. The molecule has 1 aliphatic carbocycles. The highest BCUT2D eigenvalue weighted by Gasteiger charge is 2.28. The number of likely N-dealkylation sites (tertiary alicyclic amines) is 1. The number of phenolic OH excluding ortho intramolecular Hbond substituents is 2. The summed E-state index contributed by atoms with van der Waals surface area (Å²) in [6, 6.07) is 14.7. The molecule has 168 valence electrons. The summed E-state index contributed by atoms with van der Waals surface area (Å²) in [6.45, 7) is 0.503. The summed E-state index contributed by atoms with van der Waals surface area (Å²) in [6.07, 6.45) is 8.07. The number of amides is 2. The maximum atomic E-state index is 11.9. The number of unbranched alkanes of at least 4 members (excludes halogenated alkanes) is 1. The average molecular weight is 434 g/mol. The molecular formula is C27H31NO4. The lowest BCUT2D eigenvalue weighted by Gasteiger charge is -2.22. The van der Waals surface area contributed by atoms with Crippen molar-refractivity contribution in [3.8, 4) is 11.5 Å². The number of hydrogen-bond acceptors (Lipinski definition) is 4. The van der Waals surface area contributed by atoms with E-state index in [-0.39, 0.29) is 23.3 Å². The van der Waals surface area contributed by atoms with Crippen molar-refractivity contribution in [2.75, 3.05) is 6.54 Å². The molecule has 0 aromatic heterocycles. The van der Waals surface area contributed by atoms with Gasteiger partial charge in [0.05, 0.1) is 0 Å². The van der Waals surface area contributed by atoms with Gasteiger partial charge in [-0.15, -0.1) is 0 Å². The van der Waals surface area contributed by atoms with Crippen molar-refractivity contribution in [1.82, 2.24) is 4.90 Å². The Morgan fingerprint density at radius 2 is 1.28 bits per heavy atom. The number of imide groups is 1. The third-order valence-electron chi connectivity index (χ3n) is 6.71. The van der Waals surface area contributed by atoms with Gasteiger partial charge in [0.15, 0.2) is 0 Å². The highest BCUT2D eigenvalue weighted by atomic mass is 16.3. The lowest BCUT2D eigenvalue weighted by Crippen LogP contribution is -2.29. The number of aromatic hydroxyl groups is 2. The molecule has 0 radical (unpaired) electrons. The number of hydrogen-bond donors (Lipinski definition) is 2. The van der Waals surface area contributed by atoms with Crippen LogP contribution in [0.4, 0.5) is 0 Å². The molecule has 32 heavy (non-hydrogen) atoms. The monoisotopic (exact) mass is 433 g/mol. The zero-order valence-electron chi connectivity index (χ0n) is 18.4. The van der Waals surface area contributed by atoms with Crippen molar-refractivity contribution in [2.24, 2.45) is 5.92 Å². The summed E-state index contributed by atoms with van der Waals surface area (Å²) in [7, 11) is 0. The minimum atomic E-state index is -0.0459. The van der Waals surface area contributed by atoms with Crippen LogP contribution in [0.25, 0.3) is 5.57 Å². The van der Waals surface area contributed by atoms with Crippen LogP contribution in [0.2, 0.25) is 0 Å². The maximum Gasteiger partial charge on any atom is 0.229 e. The van der Waals surface area contributed by atoms with Crippen molar-refractivity contribution in [3.63, 3.8) is 0 Å².